The van der Waals surface area contributed by atoms with E-state index < -0.39 is 0 Å². The van der Waals surface area contributed by atoms with E-state index in [0.717, 1.165) is 37.0 Å². The Morgan fingerprint density at radius 2 is 1.81 bits per heavy atom. The smallest absolute Gasteiger partial charge is 0.164 e. The van der Waals surface area contributed by atoms with Crippen molar-refractivity contribution in [2.75, 3.05) is 13.7 Å². The van der Waals surface area contributed by atoms with Crippen LogP contribution in [0.25, 0.3) is 0 Å². The van der Waals surface area contributed by atoms with Crippen molar-refractivity contribution in [3.8, 4) is 11.5 Å². The minimum absolute atomic E-state index is 0.101. The first-order valence-corrected chi connectivity index (χ1v) is 8.18. The summed E-state index contributed by atoms with van der Waals surface area (Å²) in [5.41, 5.74) is 7.11. The summed E-state index contributed by atoms with van der Waals surface area (Å²) in [6, 6.07) is 3.83. The molecular weight excluding hydrogens is 286 g/mol. The molecule has 1 rings (SSSR count). The van der Waals surface area contributed by atoms with Crippen LogP contribution in [0.1, 0.15) is 45.6 Å². The fraction of sp³-hybridized carbons (Fsp3) is 0.647. The third-order valence-electron chi connectivity index (χ3n) is 3.94. The molecule has 0 aromatic heterocycles. The molecule has 0 aliphatic rings. The molecule has 21 heavy (non-hydrogen) atoms. The van der Waals surface area contributed by atoms with Gasteiger partial charge in [-0.25, -0.2) is 0 Å². The molecule has 0 aliphatic carbocycles. The topological polar surface area (TPSA) is 44.5 Å². The van der Waals surface area contributed by atoms with Gasteiger partial charge >= 0.3 is 0 Å². The fourth-order valence-corrected chi connectivity index (χ4v) is 2.47. The van der Waals surface area contributed by atoms with Gasteiger partial charge in [0.2, 0.25) is 0 Å². The van der Waals surface area contributed by atoms with Crippen LogP contribution in [0.3, 0.4) is 0 Å². The summed E-state index contributed by atoms with van der Waals surface area (Å²) in [4.78, 5) is 0. The zero-order valence-electron chi connectivity index (χ0n) is 13.6. The van der Waals surface area contributed by atoms with Crippen LogP contribution in [0.15, 0.2) is 12.1 Å². The lowest BCUT2D eigenvalue weighted by Gasteiger charge is -2.20. The van der Waals surface area contributed by atoms with Crippen LogP contribution in [0, 0.1) is 5.92 Å². The Morgan fingerprint density at radius 1 is 1.14 bits per heavy atom. The van der Waals surface area contributed by atoms with Crippen molar-refractivity contribution in [2.45, 2.75) is 52.5 Å². The molecule has 0 spiro atoms. The summed E-state index contributed by atoms with van der Waals surface area (Å²) >= 11 is 6.17. The van der Waals surface area contributed by atoms with E-state index in [1.165, 1.54) is 0 Å². The number of nitrogens with two attached hydrogens (primary N) is 1. The molecule has 0 aliphatic heterocycles. The van der Waals surface area contributed by atoms with Crippen LogP contribution in [0.4, 0.5) is 0 Å². The lowest BCUT2D eigenvalue weighted by atomic mass is 10.0. The molecule has 4 heteroatoms. The Hall–Kier alpha value is -0.930. The first-order valence-electron chi connectivity index (χ1n) is 7.80. The number of halogens is 1. The summed E-state index contributed by atoms with van der Waals surface area (Å²) in [6.45, 7) is 7.14. The first-order chi connectivity index (χ1) is 10.0. The molecule has 1 unspecified atom stereocenters. The van der Waals surface area contributed by atoms with E-state index in [1.54, 1.807) is 13.2 Å². The van der Waals surface area contributed by atoms with Crippen molar-refractivity contribution in [3.63, 3.8) is 0 Å². The molecule has 0 saturated heterocycles. The zero-order chi connectivity index (χ0) is 15.8. The van der Waals surface area contributed by atoms with Crippen LogP contribution in [0.2, 0.25) is 5.02 Å². The maximum Gasteiger partial charge on any atom is 0.164 e. The molecule has 2 N–H and O–H groups in total. The SMILES string of the molecule is CCC(N)Cc1cc(Cl)cc(OC)c1OCC(CC)CC. The summed E-state index contributed by atoms with van der Waals surface area (Å²) < 4.78 is 11.5. The van der Waals surface area contributed by atoms with E-state index in [2.05, 4.69) is 20.8 Å². The highest BCUT2D eigenvalue weighted by Gasteiger charge is 2.16. The summed E-state index contributed by atoms with van der Waals surface area (Å²) in [5.74, 6) is 2.03. The van der Waals surface area contributed by atoms with Gasteiger partial charge in [0.15, 0.2) is 11.5 Å². The Morgan fingerprint density at radius 3 is 2.33 bits per heavy atom. The monoisotopic (exact) mass is 313 g/mol. The van der Waals surface area contributed by atoms with Crippen LogP contribution in [0.5, 0.6) is 11.5 Å². The van der Waals surface area contributed by atoms with Gasteiger partial charge in [0.1, 0.15) is 0 Å². The van der Waals surface area contributed by atoms with Gasteiger partial charge in [0.05, 0.1) is 13.7 Å². The number of benzene rings is 1. The molecule has 0 bridgehead atoms. The lowest BCUT2D eigenvalue weighted by Crippen LogP contribution is -2.22. The normalized spacial score (nSPS) is 12.5. The summed E-state index contributed by atoms with van der Waals surface area (Å²) in [7, 11) is 1.64. The molecule has 1 aromatic carbocycles. The van der Waals surface area contributed by atoms with E-state index in [9.17, 15) is 0 Å². The van der Waals surface area contributed by atoms with Crippen molar-refractivity contribution >= 4 is 11.6 Å². The third-order valence-corrected chi connectivity index (χ3v) is 4.16. The highest BCUT2D eigenvalue weighted by Crippen LogP contribution is 2.36. The number of rotatable bonds is 9. The quantitative estimate of drug-likeness (QED) is 0.733. The average molecular weight is 314 g/mol. The molecule has 1 aromatic rings. The van der Waals surface area contributed by atoms with Crippen molar-refractivity contribution in [1.29, 1.82) is 0 Å². The maximum atomic E-state index is 6.17. The molecule has 0 amide bonds. The molecule has 1 atom stereocenters. The van der Waals surface area contributed by atoms with Crippen LogP contribution in [-0.4, -0.2) is 19.8 Å². The molecule has 0 heterocycles. The van der Waals surface area contributed by atoms with Gasteiger partial charge in [-0.3, -0.25) is 0 Å². The lowest BCUT2D eigenvalue weighted by molar-refractivity contribution is 0.228. The maximum absolute atomic E-state index is 6.17. The fourth-order valence-electron chi connectivity index (χ4n) is 2.24. The second-order valence-corrected chi connectivity index (χ2v) is 5.90. The van der Waals surface area contributed by atoms with Crippen molar-refractivity contribution in [3.05, 3.63) is 22.7 Å². The minimum atomic E-state index is 0.101. The van der Waals surface area contributed by atoms with Gasteiger partial charge in [0.25, 0.3) is 0 Å². The summed E-state index contributed by atoms with van der Waals surface area (Å²) in [6.07, 6.45) is 3.87. The van der Waals surface area contributed by atoms with Gasteiger partial charge in [0, 0.05) is 22.7 Å². The Kier molecular flexibility index (Phi) is 7.91. The van der Waals surface area contributed by atoms with Crippen LogP contribution in [-0.2, 0) is 6.42 Å². The first kappa shape index (κ1) is 18.1. The van der Waals surface area contributed by atoms with Crippen molar-refractivity contribution < 1.29 is 9.47 Å². The Bertz CT molecular complexity index is 433. The van der Waals surface area contributed by atoms with Crippen LogP contribution < -0.4 is 15.2 Å². The second-order valence-electron chi connectivity index (χ2n) is 5.46. The molecule has 3 nitrogen and oxygen atoms in total. The van der Waals surface area contributed by atoms with Crippen molar-refractivity contribution in [1.82, 2.24) is 0 Å². The average Bonchev–Trinajstić information content (AvgIpc) is 2.49. The molecule has 120 valence electrons. The molecule has 0 fully saturated rings. The van der Waals surface area contributed by atoms with Gasteiger partial charge < -0.3 is 15.2 Å². The van der Waals surface area contributed by atoms with Gasteiger partial charge in [-0.15, -0.1) is 0 Å². The molecule has 0 radical (unpaired) electrons. The zero-order valence-corrected chi connectivity index (χ0v) is 14.4. The van der Waals surface area contributed by atoms with E-state index in [-0.39, 0.29) is 6.04 Å². The molecular formula is C17H28ClNO2. The largest absolute Gasteiger partial charge is 0.493 e. The Balaban J connectivity index is 3.01. The van der Waals surface area contributed by atoms with Gasteiger partial charge in [-0.1, -0.05) is 45.2 Å². The highest BCUT2D eigenvalue weighted by atomic mass is 35.5. The Labute approximate surface area is 133 Å². The molecule has 0 saturated carbocycles. The van der Waals surface area contributed by atoms with E-state index >= 15 is 0 Å². The highest BCUT2D eigenvalue weighted by molar-refractivity contribution is 6.30. The number of hydrogen-bond donors (Lipinski definition) is 1. The van der Waals surface area contributed by atoms with Crippen LogP contribution >= 0.6 is 11.6 Å². The third kappa shape index (κ3) is 5.40. The van der Waals surface area contributed by atoms with E-state index in [0.29, 0.717) is 23.3 Å². The van der Waals surface area contributed by atoms with Crippen molar-refractivity contribution in [2.24, 2.45) is 11.7 Å². The second kappa shape index (κ2) is 9.16. The predicted octanol–water partition coefficient (Wildman–Crippen LogP) is 4.44. The number of ether oxygens (including phenoxy) is 2. The van der Waals surface area contributed by atoms with E-state index in [4.69, 9.17) is 26.8 Å². The summed E-state index contributed by atoms with van der Waals surface area (Å²) in [5, 5.41) is 0.653. The number of methoxy groups -OCH3 is 1. The minimum Gasteiger partial charge on any atom is -0.493 e. The number of hydrogen-bond acceptors (Lipinski definition) is 3. The van der Waals surface area contributed by atoms with Gasteiger partial charge in [-0.2, -0.15) is 0 Å². The predicted molar refractivity (Wildman–Crippen MR) is 89.5 cm³/mol. The van der Waals surface area contributed by atoms with Gasteiger partial charge in [-0.05, 0) is 24.8 Å². The van der Waals surface area contributed by atoms with E-state index in [1.807, 2.05) is 6.07 Å². The standard InChI is InChI=1S/C17H28ClNO2/c1-5-12(6-2)11-21-17-13(9-15(19)7-3)8-14(18)10-16(17)20-4/h8,10,12,15H,5-7,9,11,19H2,1-4H3.